The van der Waals surface area contributed by atoms with Crippen molar-refractivity contribution in [1.29, 1.82) is 0 Å². The Bertz CT molecular complexity index is 607. The summed E-state index contributed by atoms with van der Waals surface area (Å²) in [5.74, 6) is 1.88. The second kappa shape index (κ2) is 7.70. The van der Waals surface area contributed by atoms with Crippen molar-refractivity contribution in [3.8, 4) is 0 Å². The van der Waals surface area contributed by atoms with E-state index in [4.69, 9.17) is 0 Å². The van der Waals surface area contributed by atoms with Crippen LogP contribution >= 0.6 is 0 Å². The molecular formula is C18H27N5. The predicted octanol–water partition coefficient (Wildman–Crippen LogP) is 2.15. The van der Waals surface area contributed by atoms with E-state index in [9.17, 15) is 0 Å². The Labute approximate surface area is 138 Å². The van der Waals surface area contributed by atoms with Crippen LogP contribution in [0.15, 0.2) is 30.3 Å². The number of hydrogen-bond donors (Lipinski definition) is 1. The molecule has 1 aliphatic heterocycles. The number of nitrogens with zero attached hydrogens (tertiary/aromatic N) is 4. The van der Waals surface area contributed by atoms with Gasteiger partial charge in [0.15, 0.2) is 0 Å². The van der Waals surface area contributed by atoms with Crippen LogP contribution in [0, 0.1) is 13.8 Å². The van der Waals surface area contributed by atoms with Gasteiger partial charge in [-0.15, -0.1) is 0 Å². The van der Waals surface area contributed by atoms with Crippen LogP contribution < -0.4 is 5.32 Å². The fourth-order valence-electron chi connectivity index (χ4n) is 3.29. The lowest BCUT2D eigenvalue weighted by molar-refractivity contribution is 0.319. The minimum Gasteiger partial charge on any atom is -0.313 e. The number of rotatable bonds is 7. The molecule has 1 saturated heterocycles. The summed E-state index contributed by atoms with van der Waals surface area (Å²) in [4.78, 5) is 6.88. The summed E-state index contributed by atoms with van der Waals surface area (Å²) >= 11 is 0. The molecular weight excluding hydrogens is 286 g/mol. The van der Waals surface area contributed by atoms with E-state index in [1.165, 1.54) is 18.5 Å². The van der Waals surface area contributed by atoms with Crippen LogP contribution in [0.25, 0.3) is 0 Å². The van der Waals surface area contributed by atoms with Gasteiger partial charge in [0.05, 0.1) is 0 Å². The predicted molar refractivity (Wildman–Crippen MR) is 92.2 cm³/mol. The third-order valence-corrected chi connectivity index (χ3v) is 4.46. The van der Waals surface area contributed by atoms with E-state index in [1.807, 2.05) is 18.5 Å². The van der Waals surface area contributed by atoms with E-state index in [0.29, 0.717) is 6.04 Å². The molecule has 1 aromatic carbocycles. The average Bonchev–Trinajstić information content (AvgIpc) is 3.11. The average molecular weight is 313 g/mol. The molecule has 2 heterocycles. The van der Waals surface area contributed by atoms with E-state index in [1.54, 1.807) is 0 Å². The van der Waals surface area contributed by atoms with Crippen molar-refractivity contribution in [2.75, 3.05) is 19.6 Å². The minimum absolute atomic E-state index is 0.622. The van der Waals surface area contributed by atoms with Crippen LogP contribution in [-0.4, -0.2) is 45.3 Å². The zero-order valence-corrected chi connectivity index (χ0v) is 14.2. The summed E-state index contributed by atoms with van der Waals surface area (Å²) < 4.78 is 2.01. The van der Waals surface area contributed by atoms with Crippen molar-refractivity contribution >= 4 is 0 Å². The Balaban J connectivity index is 1.35. The fourth-order valence-corrected chi connectivity index (χ4v) is 3.29. The van der Waals surface area contributed by atoms with Crippen molar-refractivity contribution in [1.82, 2.24) is 25.0 Å². The van der Waals surface area contributed by atoms with E-state index >= 15 is 0 Å². The van der Waals surface area contributed by atoms with Gasteiger partial charge in [-0.3, -0.25) is 9.58 Å². The molecule has 0 amide bonds. The van der Waals surface area contributed by atoms with Crippen LogP contribution in [0.4, 0.5) is 0 Å². The maximum atomic E-state index is 4.41. The van der Waals surface area contributed by atoms with E-state index in [-0.39, 0.29) is 0 Å². The summed E-state index contributed by atoms with van der Waals surface area (Å²) in [5, 5.41) is 8.10. The molecule has 124 valence electrons. The largest absolute Gasteiger partial charge is 0.313 e. The Kier molecular flexibility index (Phi) is 5.41. The molecule has 1 atom stereocenters. The standard InChI is InChI=1S/C18H27N5/c1-15-20-16(2)23(21-15)11-6-10-19-18-9-12-22(14-18)13-17-7-4-3-5-8-17/h3-5,7-8,18-19H,6,9-14H2,1-2H3. The molecule has 1 unspecified atom stereocenters. The molecule has 1 aromatic heterocycles. The number of likely N-dealkylation sites (tertiary alicyclic amines) is 1. The molecule has 0 spiro atoms. The third-order valence-electron chi connectivity index (χ3n) is 4.46. The Morgan fingerprint density at radius 3 is 2.78 bits per heavy atom. The van der Waals surface area contributed by atoms with Gasteiger partial charge in [-0.2, -0.15) is 5.10 Å². The van der Waals surface area contributed by atoms with Gasteiger partial charge in [0.2, 0.25) is 0 Å². The first kappa shape index (κ1) is 16.1. The van der Waals surface area contributed by atoms with Crippen molar-refractivity contribution in [3.63, 3.8) is 0 Å². The van der Waals surface area contributed by atoms with Crippen molar-refractivity contribution in [2.24, 2.45) is 0 Å². The molecule has 0 bridgehead atoms. The lowest BCUT2D eigenvalue weighted by atomic mass is 10.2. The lowest BCUT2D eigenvalue weighted by Crippen LogP contribution is -2.33. The maximum Gasteiger partial charge on any atom is 0.147 e. The second-order valence-corrected chi connectivity index (χ2v) is 6.44. The number of aryl methyl sites for hydroxylation is 3. The highest BCUT2D eigenvalue weighted by atomic mass is 15.3. The molecule has 1 fully saturated rings. The van der Waals surface area contributed by atoms with E-state index in [0.717, 1.165) is 44.2 Å². The topological polar surface area (TPSA) is 46.0 Å². The minimum atomic E-state index is 0.622. The molecule has 3 rings (SSSR count). The molecule has 5 heteroatoms. The van der Waals surface area contributed by atoms with Crippen molar-refractivity contribution in [3.05, 3.63) is 47.5 Å². The van der Waals surface area contributed by atoms with Gasteiger partial charge in [0.25, 0.3) is 0 Å². The first-order valence-corrected chi connectivity index (χ1v) is 8.58. The van der Waals surface area contributed by atoms with Gasteiger partial charge >= 0.3 is 0 Å². The van der Waals surface area contributed by atoms with Crippen molar-refractivity contribution < 1.29 is 0 Å². The smallest absolute Gasteiger partial charge is 0.147 e. The third kappa shape index (κ3) is 4.62. The van der Waals surface area contributed by atoms with Gasteiger partial charge < -0.3 is 5.32 Å². The Morgan fingerprint density at radius 1 is 1.22 bits per heavy atom. The zero-order chi connectivity index (χ0) is 16.1. The van der Waals surface area contributed by atoms with Crippen LogP contribution in [-0.2, 0) is 13.1 Å². The SMILES string of the molecule is Cc1nc(C)n(CCCNC2CCN(Cc3ccccc3)C2)n1. The summed E-state index contributed by atoms with van der Waals surface area (Å²) in [6.07, 6.45) is 2.34. The summed E-state index contributed by atoms with van der Waals surface area (Å²) in [5.41, 5.74) is 1.41. The number of hydrogen-bond acceptors (Lipinski definition) is 4. The maximum absolute atomic E-state index is 4.41. The van der Waals surface area contributed by atoms with Gasteiger partial charge in [-0.05, 0) is 38.8 Å². The summed E-state index contributed by atoms with van der Waals surface area (Å²) in [6, 6.07) is 11.4. The summed E-state index contributed by atoms with van der Waals surface area (Å²) in [6.45, 7) is 9.36. The van der Waals surface area contributed by atoms with E-state index < -0.39 is 0 Å². The normalized spacial score (nSPS) is 18.6. The van der Waals surface area contributed by atoms with Gasteiger partial charge in [-0.1, -0.05) is 30.3 Å². The highest BCUT2D eigenvalue weighted by molar-refractivity contribution is 5.14. The van der Waals surface area contributed by atoms with E-state index in [2.05, 4.69) is 50.6 Å². The molecule has 0 aliphatic carbocycles. The highest BCUT2D eigenvalue weighted by Gasteiger charge is 2.21. The molecule has 23 heavy (non-hydrogen) atoms. The van der Waals surface area contributed by atoms with Crippen LogP contribution in [0.2, 0.25) is 0 Å². The van der Waals surface area contributed by atoms with Crippen LogP contribution in [0.3, 0.4) is 0 Å². The molecule has 2 aromatic rings. The van der Waals surface area contributed by atoms with Crippen LogP contribution in [0.1, 0.15) is 30.1 Å². The Morgan fingerprint density at radius 2 is 2.04 bits per heavy atom. The molecule has 0 saturated carbocycles. The zero-order valence-electron chi connectivity index (χ0n) is 14.2. The van der Waals surface area contributed by atoms with Crippen LogP contribution in [0.5, 0.6) is 0 Å². The number of nitrogens with one attached hydrogen (secondary N) is 1. The summed E-state index contributed by atoms with van der Waals surface area (Å²) in [7, 11) is 0. The number of benzene rings is 1. The first-order valence-electron chi connectivity index (χ1n) is 8.58. The fraction of sp³-hybridized carbons (Fsp3) is 0.556. The van der Waals surface area contributed by atoms with Crippen molar-refractivity contribution in [2.45, 2.75) is 45.8 Å². The second-order valence-electron chi connectivity index (χ2n) is 6.44. The van der Waals surface area contributed by atoms with Gasteiger partial charge in [-0.25, -0.2) is 4.98 Å². The Hall–Kier alpha value is -1.72. The quantitative estimate of drug-likeness (QED) is 0.796. The molecule has 1 N–H and O–H groups in total. The highest BCUT2D eigenvalue weighted by Crippen LogP contribution is 2.13. The first-order chi connectivity index (χ1) is 11.2. The lowest BCUT2D eigenvalue weighted by Gasteiger charge is -2.16. The van der Waals surface area contributed by atoms with Gasteiger partial charge in [0.1, 0.15) is 11.6 Å². The monoisotopic (exact) mass is 313 g/mol. The van der Waals surface area contributed by atoms with Gasteiger partial charge in [0, 0.05) is 32.2 Å². The molecule has 5 nitrogen and oxygen atoms in total. The molecule has 1 aliphatic rings. The number of aromatic nitrogens is 3. The molecule has 0 radical (unpaired) electrons.